The van der Waals surface area contributed by atoms with Gasteiger partial charge in [0, 0.05) is 17.6 Å². The van der Waals surface area contributed by atoms with Crippen LogP contribution in [0.3, 0.4) is 0 Å². The van der Waals surface area contributed by atoms with Crippen LogP contribution >= 0.6 is 27.5 Å². The van der Waals surface area contributed by atoms with E-state index in [0.29, 0.717) is 9.50 Å². The van der Waals surface area contributed by atoms with Crippen LogP contribution in [0.2, 0.25) is 5.02 Å². The minimum atomic E-state index is -3.59. The molecule has 19 heavy (non-hydrogen) atoms. The van der Waals surface area contributed by atoms with Crippen molar-refractivity contribution in [1.29, 1.82) is 0 Å². The van der Waals surface area contributed by atoms with E-state index in [4.69, 9.17) is 21.4 Å². The quantitative estimate of drug-likeness (QED) is 0.875. The average Bonchev–Trinajstić information content (AvgIpc) is 2.41. The van der Waals surface area contributed by atoms with E-state index in [0.717, 1.165) is 0 Å². The monoisotopic (exact) mass is 369 g/mol. The number of aliphatic hydroxyl groups excluding tert-OH is 1. The van der Waals surface area contributed by atoms with Gasteiger partial charge < -0.3 is 9.84 Å². The van der Waals surface area contributed by atoms with Gasteiger partial charge in [0.15, 0.2) is 0 Å². The summed E-state index contributed by atoms with van der Waals surface area (Å²) in [5.74, 6) is 0. The van der Waals surface area contributed by atoms with Crippen LogP contribution in [0.4, 0.5) is 0 Å². The van der Waals surface area contributed by atoms with Gasteiger partial charge in [-0.15, -0.1) is 0 Å². The van der Waals surface area contributed by atoms with Crippen molar-refractivity contribution in [3.63, 3.8) is 0 Å². The summed E-state index contributed by atoms with van der Waals surface area (Å²) in [5.41, 5.74) is 0. The summed E-state index contributed by atoms with van der Waals surface area (Å²) in [4.78, 5) is 0.169. The molecule has 1 aromatic carbocycles. The van der Waals surface area contributed by atoms with Crippen molar-refractivity contribution in [1.82, 2.24) is 4.31 Å². The summed E-state index contributed by atoms with van der Waals surface area (Å²) in [7, 11) is -3.59. The van der Waals surface area contributed by atoms with E-state index >= 15 is 0 Å². The molecule has 5 nitrogen and oxygen atoms in total. The van der Waals surface area contributed by atoms with Crippen molar-refractivity contribution in [3.05, 3.63) is 27.7 Å². The number of hydrogen-bond donors (Lipinski definition) is 1. The number of nitrogens with zero attached hydrogens (tertiary/aromatic N) is 1. The van der Waals surface area contributed by atoms with Gasteiger partial charge in [-0.3, -0.25) is 0 Å². The highest BCUT2D eigenvalue weighted by atomic mass is 79.9. The molecule has 0 amide bonds. The fraction of sp³-hybridized carbons (Fsp3) is 0.455. The molecule has 1 unspecified atom stereocenters. The Morgan fingerprint density at radius 2 is 2.26 bits per heavy atom. The van der Waals surface area contributed by atoms with Crippen molar-refractivity contribution in [2.45, 2.75) is 11.0 Å². The molecule has 0 spiro atoms. The molecule has 106 valence electrons. The first-order valence-corrected chi connectivity index (χ1v) is 8.24. The molecule has 1 atom stereocenters. The number of benzene rings is 1. The van der Waals surface area contributed by atoms with Gasteiger partial charge in [-0.1, -0.05) is 11.6 Å². The van der Waals surface area contributed by atoms with E-state index in [1.165, 1.54) is 22.5 Å². The molecule has 1 aromatic rings. The fourth-order valence-electron chi connectivity index (χ4n) is 1.81. The van der Waals surface area contributed by atoms with Crippen molar-refractivity contribution in [3.8, 4) is 0 Å². The SMILES string of the molecule is O=S(=O)(c1ccc(Cl)c(Br)c1)N1CCOC(CO)C1. The van der Waals surface area contributed by atoms with E-state index < -0.39 is 16.1 Å². The van der Waals surface area contributed by atoms with E-state index in [1.54, 1.807) is 0 Å². The maximum Gasteiger partial charge on any atom is 0.243 e. The Labute approximate surface area is 125 Å². The van der Waals surface area contributed by atoms with Crippen molar-refractivity contribution < 1.29 is 18.3 Å². The maximum atomic E-state index is 12.4. The summed E-state index contributed by atoms with van der Waals surface area (Å²) < 4.78 is 32.0. The minimum Gasteiger partial charge on any atom is -0.394 e. The van der Waals surface area contributed by atoms with Gasteiger partial charge in [-0.2, -0.15) is 4.31 Å². The van der Waals surface area contributed by atoms with Crippen LogP contribution in [0, 0.1) is 0 Å². The molecule has 0 aliphatic carbocycles. The van der Waals surface area contributed by atoms with E-state index in [-0.39, 0.29) is 31.2 Å². The van der Waals surface area contributed by atoms with Crippen LogP contribution < -0.4 is 0 Å². The van der Waals surface area contributed by atoms with Crippen LogP contribution in [0.5, 0.6) is 0 Å². The second-order valence-electron chi connectivity index (χ2n) is 4.11. The normalized spacial score (nSPS) is 21.5. The van der Waals surface area contributed by atoms with Gasteiger partial charge in [0.1, 0.15) is 0 Å². The lowest BCUT2D eigenvalue weighted by atomic mass is 10.3. The van der Waals surface area contributed by atoms with Crippen molar-refractivity contribution >= 4 is 37.6 Å². The molecule has 0 bridgehead atoms. The minimum absolute atomic E-state index is 0.152. The van der Waals surface area contributed by atoms with E-state index in [9.17, 15) is 8.42 Å². The topological polar surface area (TPSA) is 66.8 Å². The zero-order valence-corrected chi connectivity index (χ0v) is 13.1. The smallest absolute Gasteiger partial charge is 0.243 e. The first-order valence-electron chi connectivity index (χ1n) is 5.63. The number of morpholine rings is 1. The third-order valence-corrected chi connectivity index (χ3v) is 5.91. The molecule has 0 aromatic heterocycles. The zero-order chi connectivity index (χ0) is 14.0. The lowest BCUT2D eigenvalue weighted by Crippen LogP contribution is -2.46. The number of rotatable bonds is 3. The lowest BCUT2D eigenvalue weighted by Gasteiger charge is -2.31. The van der Waals surface area contributed by atoms with Gasteiger partial charge in [-0.05, 0) is 34.1 Å². The van der Waals surface area contributed by atoms with Gasteiger partial charge >= 0.3 is 0 Å². The summed E-state index contributed by atoms with van der Waals surface area (Å²) >= 11 is 9.06. The largest absolute Gasteiger partial charge is 0.394 e. The molecule has 8 heteroatoms. The number of halogens is 2. The highest BCUT2D eigenvalue weighted by molar-refractivity contribution is 9.10. The second-order valence-corrected chi connectivity index (χ2v) is 7.31. The van der Waals surface area contributed by atoms with E-state index in [2.05, 4.69) is 15.9 Å². The van der Waals surface area contributed by atoms with Gasteiger partial charge in [-0.25, -0.2) is 8.42 Å². The van der Waals surface area contributed by atoms with Crippen molar-refractivity contribution in [2.24, 2.45) is 0 Å². The third kappa shape index (κ3) is 3.29. The van der Waals surface area contributed by atoms with Crippen LogP contribution in [0.15, 0.2) is 27.6 Å². The van der Waals surface area contributed by atoms with Gasteiger partial charge in [0.05, 0.1) is 29.2 Å². The zero-order valence-electron chi connectivity index (χ0n) is 9.92. The number of aliphatic hydroxyl groups is 1. The molecule has 1 fully saturated rings. The number of sulfonamides is 1. The molecule has 2 rings (SSSR count). The molecule has 1 heterocycles. The first kappa shape index (κ1) is 15.2. The summed E-state index contributed by atoms with van der Waals surface area (Å²) in [6.07, 6.45) is -0.473. The summed E-state index contributed by atoms with van der Waals surface area (Å²) in [6, 6.07) is 4.47. The molecule has 1 saturated heterocycles. The molecular weight excluding hydrogens is 358 g/mol. The maximum absolute atomic E-state index is 12.4. The summed E-state index contributed by atoms with van der Waals surface area (Å²) in [6.45, 7) is 0.508. The van der Waals surface area contributed by atoms with Crippen LogP contribution in [0.1, 0.15) is 0 Å². The summed E-state index contributed by atoms with van der Waals surface area (Å²) in [5, 5.41) is 9.51. The van der Waals surface area contributed by atoms with Crippen LogP contribution in [0.25, 0.3) is 0 Å². The van der Waals surface area contributed by atoms with Crippen LogP contribution in [-0.2, 0) is 14.8 Å². The Bertz CT molecular complexity index is 566. The van der Waals surface area contributed by atoms with Crippen LogP contribution in [-0.4, -0.2) is 50.2 Å². The molecule has 1 aliphatic rings. The Morgan fingerprint density at radius 1 is 1.53 bits per heavy atom. The molecule has 1 aliphatic heterocycles. The number of hydrogen-bond acceptors (Lipinski definition) is 4. The highest BCUT2D eigenvalue weighted by Gasteiger charge is 2.30. The second kappa shape index (κ2) is 6.07. The first-order chi connectivity index (χ1) is 8.95. The average molecular weight is 371 g/mol. The fourth-order valence-corrected chi connectivity index (χ4v) is 3.94. The Balaban J connectivity index is 2.28. The van der Waals surface area contributed by atoms with E-state index in [1.807, 2.05) is 0 Å². The Hall–Kier alpha value is -0.180. The molecule has 0 radical (unpaired) electrons. The van der Waals surface area contributed by atoms with Crippen molar-refractivity contribution in [2.75, 3.05) is 26.3 Å². The predicted molar refractivity (Wildman–Crippen MR) is 74.7 cm³/mol. The van der Waals surface area contributed by atoms with Gasteiger partial charge in [0.2, 0.25) is 10.0 Å². The Kier molecular flexibility index (Phi) is 4.86. The lowest BCUT2D eigenvalue weighted by molar-refractivity contribution is -0.0304. The third-order valence-electron chi connectivity index (χ3n) is 2.83. The number of ether oxygens (including phenoxy) is 1. The standard InChI is InChI=1S/C11H13BrClNO4S/c12-10-5-9(1-2-11(10)13)19(16,17)14-3-4-18-8(6-14)7-15/h1-2,5,8,15H,3-4,6-7H2. The van der Waals surface area contributed by atoms with Gasteiger partial charge in [0.25, 0.3) is 0 Å². The molecular formula is C11H13BrClNO4S. The highest BCUT2D eigenvalue weighted by Crippen LogP contribution is 2.27. The Morgan fingerprint density at radius 3 is 2.89 bits per heavy atom. The molecule has 1 N–H and O–H groups in total. The molecule has 0 saturated carbocycles. The predicted octanol–water partition coefficient (Wildman–Crippen LogP) is 1.48.